The van der Waals surface area contributed by atoms with E-state index in [2.05, 4.69) is 4.90 Å². The van der Waals surface area contributed by atoms with Gasteiger partial charge in [-0.25, -0.2) is 4.39 Å². The van der Waals surface area contributed by atoms with Crippen LogP contribution < -0.4 is 0 Å². The van der Waals surface area contributed by atoms with Gasteiger partial charge in [0.05, 0.1) is 0 Å². The standard InChI is InChI=1S/C18H23FN2O/c19-16-8-5-15(6-9-16)7-10-18(22)21-13-3-4-17(21)14-20-11-1-2-12-20/h5-10,17H,1-4,11-14H2/t17-/m0/s1. The summed E-state index contributed by atoms with van der Waals surface area (Å²) in [7, 11) is 0. The van der Waals surface area contributed by atoms with E-state index in [-0.39, 0.29) is 11.7 Å². The minimum Gasteiger partial charge on any atom is -0.335 e. The van der Waals surface area contributed by atoms with Crippen molar-refractivity contribution in [2.45, 2.75) is 31.7 Å². The molecule has 0 saturated carbocycles. The van der Waals surface area contributed by atoms with Crippen molar-refractivity contribution in [3.8, 4) is 0 Å². The molecule has 0 spiro atoms. The molecule has 1 aromatic rings. The van der Waals surface area contributed by atoms with Gasteiger partial charge in [0, 0.05) is 25.2 Å². The number of nitrogens with zero attached hydrogens (tertiary/aromatic N) is 2. The van der Waals surface area contributed by atoms with Crippen LogP contribution in [-0.4, -0.2) is 47.9 Å². The maximum atomic E-state index is 12.9. The summed E-state index contributed by atoms with van der Waals surface area (Å²) in [6.07, 6.45) is 8.15. The van der Waals surface area contributed by atoms with Gasteiger partial charge >= 0.3 is 0 Å². The average molecular weight is 302 g/mol. The Balaban J connectivity index is 1.59. The zero-order valence-corrected chi connectivity index (χ0v) is 12.9. The van der Waals surface area contributed by atoms with Gasteiger partial charge in [-0.1, -0.05) is 12.1 Å². The van der Waals surface area contributed by atoms with Gasteiger partial charge < -0.3 is 9.80 Å². The van der Waals surface area contributed by atoms with E-state index in [1.165, 1.54) is 38.1 Å². The molecule has 2 saturated heterocycles. The first-order valence-electron chi connectivity index (χ1n) is 8.19. The molecule has 1 amide bonds. The van der Waals surface area contributed by atoms with Crippen molar-refractivity contribution in [1.29, 1.82) is 0 Å². The summed E-state index contributed by atoms with van der Waals surface area (Å²) in [5, 5.41) is 0. The zero-order chi connectivity index (χ0) is 15.4. The highest BCUT2D eigenvalue weighted by atomic mass is 19.1. The molecule has 118 valence electrons. The van der Waals surface area contributed by atoms with Crippen LogP contribution in [0.25, 0.3) is 6.08 Å². The van der Waals surface area contributed by atoms with Crippen LogP contribution in [0.1, 0.15) is 31.2 Å². The lowest BCUT2D eigenvalue weighted by Gasteiger charge is -2.27. The third kappa shape index (κ3) is 3.74. The quantitative estimate of drug-likeness (QED) is 0.798. The molecule has 0 aliphatic carbocycles. The molecule has 2 aliphatic rings. The van der Waals surface area contributed by atoms with E-state index < -0.39 is 0 Å². The molecular formula is C18H23FN2O. The number of amides is 1. The Kier molecular flexibility index (Phi) is 4.88. The molecule has 0 unspecified atom stereocenters. The number of carbonyl (C=O) groups is 1. The molecule has 2 heterocycles. The number of hydrogen-bond acceptors (Lipinski definition) is 2. The molecule has 4 heteroatoms. The van der Waals surface area contributed by atoms with Gasteiger partial charge in [-0.15, -0.1) is 0 Å². The lowest BCUT2D eigenvalue weighted by molar-refractivity contribution is -0.127. The van der Waals surface area contributed by atoms with Gasteiger partial charge in [0.25, 0.3) is 0 Å². The van der Waals surface area contributed by atoms with Crippen molar-refractivity contribution in [3.63, 3.8) is 0 Å². The van der Waals surface area contributed by atoms with Crippen molar-refractivity contribution in [2.75, 3.05) is 26.2 Å². The molecule has 22 heavy (non-hydrogen) atoms. The molecule has 0 bridgehead atoms. The van der Waals surface area contributed by atoms with E-state index in [0.717, 1.165) is 31.5 Å². The normalized spacial score (nSPS) is 22.8. The van der Waals surface area contributed by atoms with E-state index in [0.29, 0.717) is 6.04 Å². The third-order valence-electron chi connectivity index (χ3n) is 4.62. The highest BCUT2D eigenvalue weighted by Crippen LogP contribution is 2.21. The molecular weight excluding hydrogens is 279 g/mol. The van der Waals surface area contributed by atoms with Crippen LogP contribution in [0.3, 0.4) is 0 Å². The van der Waals surface area contributed by atoms with Gasteiger partial charge in [-0.3, -0.25) is 4.79 Å². The van der Waals surface area contributed by atoms with Gasteiger partial charge in [0.1, 0.15) is 5.82 Å². The minimum absolute atomic E-state index is 0.0750. The van der Waals surface area contributed by atoms with Crippen molar-refractivity contribution >= 4 is 12.0 Å². The van der Waals surface area contributed by atoms with Crippen LogP contribution in [0, 0.1) is 5.82 Å². The van der Waals surface area contributed by atoms with Crippen molar-refractivity contribution in [3.05, 3.63) is 41.7 Å². The highest BCUT2D eigenvalue weighted by Gasteiger charge is 2.29. The lowest BCUT2D eigenvalue weighted by Crippen LogP contribution is -2.41. The Morgan fingerprint density at radius 2 is 1.86 bits per heavy atom. The smallest absolute Gasteiger partial charge is 0.246 e. The predicted octanol–water partition coefficient (Wildman–Crippen LogP) is 2.93. The fraction of sp³-hybridized carbons (Fsp3) is 0.500. The minimum atomic E-state index is -0.256. The Labute approximate surface area is 131 Å². The SMILES string of the molecule is O=C(C=Cc1ccc(F)cc1)N1CCC[C@H]1CN1CCCC1. The van der Waals surface area contributed by atoms with E-state index in [9.17, 15) is 9.18 Å². The number of benzene rings is 1. The second kappa shape index (κ2) is 7.05. The first-order valence-corrected chi connectivity index (χ1v) is 8.19. The van der Waals surface area contributed by atoms with Crippen LogP contribution >= 0.6 is 0 Å². The molecule has 0 radical (unpaired) electrons. The number of hydrogen-bond donors (Lipinski definition) is 0. The van der Waals surface area contributed by atoms with E-state index >= 15 is 0 Å². The number of rotatable bonds is 4. The van der Waals surface area contributed by atoms with Crippen LogP contribution in [-0.2, 0) is 4.79 Å². The van der Waals surface area contributed by atoms with E-state index in [4.69, 9.17) is 0 Å². The summed E-state index contributed by atoms with van der Waals surface area (Å²) in [6, 6.07) is 6.55. The molecule has 1 atom stereocenters. The average Bonchev–Trinajstić information content (AvgIpc) is 3.19. The van der Waals surface area contributed by atoms with Gasteiger partial charge in [0.15, 0.2) is 0 Å². The topological polar surface area (TPSA) is 23.6 Å². The zero-order valence-electron chi connectivity index (χ0n) is 12.9. The second-order valence-electron chi connectivity index (χ2n) is 6.22. The maximum absolute atomic E-state index is 12.9. The summed E-state index contributed by atoms with van der Waals surface area (Å²) in [5.74, 6) is -0.181. The lowest BCUT2D eigenvalue weighted by atomic mass is 10.2. The van der Waals surface area contributed by atoms with E-state index in [1.807, 2.05) is 4.90 Å². The van der Waals surface area contributed by atoms with E-state index in [1.54, 1.807) is 24.3 Å². The van der Waals surface area contributed by atoms with Crippen LogP contribution in [0.15, 0.2) is 30.3 Å². The predicted molar refractivity (Wildman–Crippen MR) is 85.8 cm³/mol. The van der Waals surface area contributed by atoms with Gasteiger partial charge in [-0.2, -0.15) is 0 Å². The Morgan fingerprint density at radius 3 is 2.59 bits per heavy atom. The first kappa shape index (κ1) is 15.2. The Morgan fingerprint density at radius 1 is 1.14 bits per heavy atom. The van der Waals surface area contributed by atoms with Crippen molar-refractivity contribution in [1.82, 2.24) is 9.80 Å². The molecule has 3 nitrogen and oxygen atoms in total. The molecule has 3 rings (SSSR count). The second-order valence-corrected chi connectivity index (χ2v) is 6.22. The number of carbonyl (C=O) groups excluding carboxylic acids is 1. The summed E-state index contributed by atoms with van der Waals surface area (Å²) in [4.78, 5) is 16.9. The summed E-state index contributed by atoms with van der Waals surface area (Å²) in [5.41, 5.74) is 0.852. The van der Waals surface area contributed by atoms with Crippen LogP contribution in [0.4, 0.5) is 4.39 Å². The van der Waals surface area contributed by atoms with Gasteiger partial charge in [0.2, 0.25) is 5.91 Å². The largest absolute Gasteiger partial charge is 0.335 e. The van der Waals surface area contributed by atoms with Crippen LogP contribution in [0.2, 0.25) is 0 Å². The fourth-order valence-electron chi connectivity index (χ4n) is 3.42. The number of likely N-dealkylation sites (tertiary alicyclic amines) is 2. The Hall–Kier alpha value is -1.68. The van der Waals surface area contributed by atoms with Crippen molar-refractivity contribution in [2.24, 2.45) is 0 Å². The molecule has 0 aromatic heterocycles. The monoisotopic (exact) mass is 302 g/mol. The Bertz CT molecular complexity index is 535. The maximum Gasteiger partial charge on any atom is 0.246 e. The summed E-state index contributed by atoms with van der Waals surface area (Å²) < 4.78 is 12.9. The molecule has 2 aliphatic heterocycles. The molecule has 2 fully saturated rings. The fourth-order valence-corrected chi connectivity index (χ4v) is 3.42. The first-order chi connectivity index (χ1) is 10.7. The van der Waals surface area contributed by atoms with Gasteiger partial charge in [-0.05, 0) is 62.5 Å². The third-order valence-corrected chi connectivity index (χ3v) is 4.62. The summed E-state index contributed by atoms with van der Waals surface area (Å²) in [6.45, 7) is 4.20. The summed E-state index contributed by atoms with van der Waals surface area (Å²) >= 11 is 0. The number of halogens is 1. The highest BCUT2D eigenvalue weighted by molar-refractivity contribution is 5.92. The molecule has 1 aromatic carbocycles. The van der Waals surface area contributed by atoms with Crippen molar-refractivity contribution < 1.29 is 9.18 Å². The van der Waals surface area contributed by atoms with Crippen LogP contribution in [0.5, 0.6) is 0 Å². The molecule has 0 N–H and O–H groups in total.